The minimum Gasteiger partial charge on any atom is -0.289 e. The molecule has 0 aliphatic rings. The van der Waals surface area contributed by atoms with Gasteiger partial charge in [-0.2, -0.15) is 0 Å². The largest absolute Gasteiger partial charge is 0.289 e. The lowest BCUT2D eigenvalue weighted by Crippen LogP contribution is -2.19. The Balaban J connectivity index is 2.98. The number of benzene rings is 1. The number of hydrogen-bond donors (Lipinski definition) is 0. The van der Waals surface area contributed by atoms with Crippen molar-refractivity contribution in [2.24, 2.45) is 0 Å². The van der Waals surface area contributed by atoms with E-state index in [1.54, 1.807) is 38.3 Å². The van der Waals surface area contributed by atoms with Crippen LogP contribution in [0.5, 0.6) is 0 Å². The Bertz CT molecular complexity index is 430. The van der Waals surface area contributed by atoms with Gasteiger partial charge >= 0.3 is 0 Å². The van der Waals surface area contributed by atoms with Gasteiger partial charge in [-0.1, -0.05) is 41.0 Å². The summed E-state index contributed by atoms with van der Waals surface area (Å²) >= 11 is 12.6. The van der Waals surface area contributed by atoms with Crippen LogP contribution in [0.2, 0.25) is 10.0 Å². The van der Waals surface area contributed by atoms with Gasteiger partial charge in [0.2, 0.25) is 11.4 Å². The van der Waals surface area contributed by atoms with Crippen molar-refractivity contribution < 1.29 is 9.59 Å². The number of rotatable bonds is 3. The summed E-state index contributed by atoms with van der Waals surface area (Å²) in [5, 5.41) is 0.241. The second-order valence-electron chi connectivity index (χ2n) is 3.60. The average Bonchev–Trinajstić information content (AvgIpc) is 2.21. The Hall–Kier alpha value is -0.510. The monoisotopic (exact) mass is 275 g/mol. The summed E-state index contributed by atoms with van der Waals surface area (Å²) in [7, 11) is 0. The molecule has 0 aromatic heterocycles. The van der Waals surface area contributed by atoms with Crippen LogP contribution in [0.4, 0.5) is 0 Å². The van der Waals surface area contributed by atoms with Gasteiger partial charge in [0.15, 0.2) is 0 Å². The lowest BCUT2D eigenvalue weighted by molar-refractivity contribution is 0.108. The Morgan fingerprint density at radius 2 is 2.00 bits per heavy atom. The molecule has 0 spiro atoms. The molecule has 16 heavy (non-hydrogen) atoms. The molecule has 0 aliphatic carbocycles. The van der Waals surface area contributed by atoms with E-state index in [9.17, 15) is 9.59 Å². The third-order valence-corrected chi connectivity index (χ3v) is 3.58. The van der Waals surface area contributed by atoms with Crippen molar-refractivity contribution in [2.75, 3.05) is 0 Å². The number of thioether (sulfide) groups is 1. The van der Waals surface area contributed by atoms with E-state index in [0.29, 0.717) is 10.6 Å². The standard InChI is InChI=1S/C11H9Cl2O2S/c1-11(2,6-14)16-10(15)7-4-3-5-8(12)9(7)13/h3-5H,1-2H3. The normalized spacial score (nSPS) is 11.2. The first-order valence-corrected chi connectivity index (χ1v) is 6.01. The third kappa shape index (κ3) is 3.24. The van der Waals surface area contributed by atoms with Gasteiger partial charge in [-0.15, -0.1) is 0 Å². The van der Waals surface area contributed by atoms with Gasteiger partial charge in [0.05, 0.1) is 14.8 Å². The summed E-state index contributed by atoms with van der Waals surface area (Å²) in [5.74, 6) is 0. The smallest absolute Gasteiger partial charge is 0.221 e. The summed E-state index contributed by atoms with van der Waals surface area (Å²) in [6, 6.07) is 4.81. The van der Waals surface area contributed by atoms with Gasteiger partial charge in [0.25, 0.3) is 0 Å². The second kappa shape index (κ2) is 5.21. The summed E-state index contributed by atoms with van der Waals surface area (Å²) in [5.41, 5.74) is 0.308. The number of halogens is 2. The highest BCUT2D eigenvalue weighted by molar-refractivity contribution is 8.15. The number of carbonyl (C=O) groups is 1. The van der Waals surface area contributed by atoms with E-state index in [2.05, 4.69) is 0 Å². The first-order valence-electron chi connectivity index (χ1n) is 4.44. The van der Waals surface area contributed by atoms with Crippen LogP contribution < -0.4 is 0 Å². The van der Waals surface area contributed by atoms with Gasteiger partial charge in [0.1, 0.15) is 0 Å². The van der Waals surface area contributed by atoms with E-state index in [4.69, 9.17) is 23.2 Å². The molecule has 1 aromatic rings. The summed E-state index contributed by atoms with van der Waals surface area (Å²) in [6.45, 7) is 3.22. The molecule has 0 saturated carbocycles. The average molecular weight is 276 g/mol. The Morgan fingerprint density at radius 1 is 1.38 bits per heavy atom. The molecule has 0 fully saturated rings. The maximum atomic E-state index is 11.8. The first-order chi connectivity index (χ1) is 7.37. The van der Waals surface area contributed by atoms with E-state index < -0.39 is 4.75 Å². The zero-order valence-electron chi connectivity index (χ0n) is 8.71. The fourth-order valence-electron chi connectivity index (χ4n) is 0.969. The molecule has 2 nitrogen and oxygen atoms in total. The van der Waals surface area contributed by atoms with Crippen LogP contribution in [0.15, 0.2) is 18.2 Å². The molecular formula is C11H9Cl2O2S. The molecule has 1 aromatic carbocycles. The Kier molecular flexibility index (Phi) is 4.42. The quantitative estimate of drug-likeness (QED) is 0.843. The summed E-state index contributed by atoms with van der Waals surface area (Å²) < 4.78 is -0.886. The second-order valence-corrected chi connectivity index (χ2v) is 5.98. The number of hydrogen-bond acceptors (Lipinski definition) is 3. The minimum absolute atomic E-state index is 0.211. The van der Waals surface area contributed by atoms with Gasteiger partial charge in [-0.25, -0.2) is 0 Å². The molecule has 85 valence electrons. The van der Waals surface area contributed by atoms with Crippen molar-refractivity contribution in [2.45, 2.75) is 18.6 Å². The summed E-state index contributed by atoms with van der Waals surface area (Å²) in [6.07, 6.45) is 1.79. The van der Waals surface area contributed by atoms with E-state index in [1.165, 1.54) is 0 Å². The maximum Gasteiger partial charge on any atom is 0.221 e. The molecule has 0 atom stereocenters. The highest BCUT2D eigenvalue weighted by Gasteiger charge is 2.25. The molecule has 0 saturated heterocycles. The van der Waals surface area contributed by atoms with Crippen LogP contribution in [-0.2, 0) is 4.79 Å². The Morgan fingerprint density at radius 3 is 2.56 bits per heavy atom. The predicted molar refractivity (Wildman–Crippen MR) is 68.2 cm³/mol. The van der Waals surface area contributed by atoms with Gasteiger partial charge < -0.3 is 0 Å². The fourth-order valence-corrected chi connectivity index (χ4v) is 2.20. The van der Waals surface area contributed by atoms with Crippen molar-refractivity contribution in [1.82, 2.24) is 0 Å². The molecule has 0 amide bonds. The van der Waals surface area contributed by atoms with Crippen LogP contribution >= 0.6 is 35.0 Å². The predicted octanol–water partition coefficient (Wildman–Crippen LogP) is 3.76. The molecule has 0 unspecified atom stereocenters. The highest BCUT2D eigenvalue weighted by atomic mass is 35.5. The van der Waals surface area contributed by atoms with Crippen LogP contribution in [0, 0.1) is 0 Å². The third-order valence-electron chi connectivity index (χ3n) is 1.77. The van der Waals surface area contributed by atoms with Crippen LogP contribution in [-0.4, -0.2) is 16.1 Å². The molecule has 0 N–H and O–H groups in total. The van der Waals surface area contributed by atoms with Crippen molar-refractivity contribution in [3.63, 3.8) is 0 Å². The van der Waals surface area contributed by atoms with E-state index in [-0.39, 0.29) is 10.1 Å². The van der Waals surface area contributed by atoms with Crippen molar-refractivity contribution in [1.29, 1.82) is 0 Å². The lowest BCUT2D eigenvalue weighted by atomic mass is 10.2. The molecule has 1 radical (unpaired) electrons. The summed E-state index contributed by atoms with van der Waals surface area (Å²) in [4.78, 5) is 22.4. The van der Waals surface area contributed by atoms with Gasteiger partial charge in [0, 0.05) is 5.56 Å². The molecule has 0 aliphatic heterocycles. The van der Waals surface area contributed by atoms with E-state index >= 15 is 0 Å². The van der Waals surface area contributed by atoms with Crippen LogP contribution in [0.1, 0.15) is 24.2 Å². The lowest BCUT2D eigenvalue weighted by Gasteiger charge is -2.14. The van der Waals surface area contributed by atoms with Crippen LogP contribution in [0.3, 0.4) is 0 Å². The van der Waals surface area contributed by atoms with Crippen molar-refractivity contribution in [3.8, 4) is 0 Å². The Labute approximate surface area is 108 Å². The van der Waals surface area contributed by atoms with E-state index in [0.717, 1.165) is 11.8 Å². The minimum atomic E-state index is -0.886. The number of carbonyl (C=O) groups excluding carboxylic acids is 2. The fraction of sp³-hybridized carbons (Fsp3) is 0.273. The maximum absolute atomic E-state index is 11.8. The highest BCUT2D eigenvalue weighted by Crippen LogP contribution is 2.32. The SMILES string of the molecule is CC(C)([C]=O)SC(=O)c1cccc(Cl)c1Cl. The first kappa shape index (κ1) is 13.6. The van der Waals surface area contributed by atoms with Crippen LogP contribution in [0.25, 0.3) is 0 Å². The zero-order valence-corrected chi connectivity index (χ0v) is 11.0. The van der Waals surface area contributed by atoms with Gasteiger partial charge in [-0.3, -0.25) is 9.59 Å². The van der Waals surface area contributed by atoms with Gasteiger partial charge in [-0.05, 0) is 26.0 Å². The van der Waals surface area contributed by atoms with Crippen molar-refractivity contribution >= 4 is 46.4 Å². The molecule has 0 heterocycles. The van der Waals surface area contributed by atoms with E-state index in [1.807, 2.05) is 0 Å². The topological polar surface area (TPSA) is 34.1 Å². The molecule has 5 heteroatoms. The zero-order chi connectivity index (χ0) is 12.3. The van der Waals surface area contributed by atoms with Crippen molar-refractivity contribution in [3.05, 3.63) is 33.8 Å². The molecule has 0 bridgehead atoms. The molecular weight excluding hydrogens is 267 g/mol. The molecule has 1 rings (SSSR count).